The predicted molar refractivity (Wildman–Crippen MR) is 64.5 cm³/mol. The molecule has 0 aromatic carbocycles. The zero-order valence-corrected chi connectivity index (χ0v) is 10.6. The fourth-order valence-corrected chi connectivity index (χ4v) is 1.83. The SMILES string of the molecule is COCCc1c(CN)nnn1C(C)CCCO. The first-order valence-corrected chi connectivity index (χ1v) is 5.97. The molecule has 1 unspecified atom stereocenters. The zero-order chi connectivity index (χ0) is 12.7. The van der Waals surface area contributed by atoms with Gasteiger partial charge in [-0.05, 0) is 19.8 Å². The highest BCUT2D eigenvalue weighted by Gasteiger charge is 2.15. The Morgan fingerprint density at radius 1 is 1.53 bits per heavy atom. The van der Waals surface area contributed by atoms with E-state index in [-0.39, 0.29) is 12.6 Å². The number of nitrogens with two attached hydrogens (primary N) is 1. The van der Waals surface area contributed by atoms with Crippen molar-refractivity contribution in [2.24, 2.45) is 5.73 Å². The molecule has 1 rings (SSSR count). The number of aliphatic hydroxyl groups is 1. The molecule has 17 heavy (non-hydrogen) atoms. The molecule has 0 aliphatic rings. The Bertz CT molecular complexity index is 327. The summed E-state index contributed by atoms with van der Waals surface area (Å²) < 4.78 is 6.98. The molecule has 0 bridgehead atoms. The van der Waals surface area contributed by atoms with Crippen molar-refractivity contribution in [3.05, 3.63) is 11.4 Å². The summed E-state index contributed by atoms with van der Waals surface area (Å²) >= 11 is 0. The van der Waals surface area contributed by atoms with Gasteiger partial charge in [0, 0.05) is 26.7 Å². The molecule has 0 saturated heterocycles. The van der Waals surface area contributed by atoms with Crippen LogP contribution >= 0.6 is 0 Å². The zero-order valence-electron chi connectivity index (χ0n) is 10.6. The molecule has 1 atom stereocenters. The molecule has 3 N–H and O–H groups in total. The highest BCUT2D eigenvalue weighted by Crippen LogP contribution is 2.17. The topological polar surface area (TPSA) is 86.2 Å². The molecular formula is C11H22N4O2. The van der Waals surface area contributed by atoms with Gasteiger partial charge in [-0.2, -0.15) is 0 Å². The monoisotopic (exact) mass is 242 g/mol. The van der Waals surface area contributed by atoms with Gasteiger partial charge >= 0.3 is 0 Å². The normalized spacial score (nSPS) is 12.9. The predicted octanol–water partition coefficient (Wildman–Crippen LogP) is 0.259. The number of hydrogen-bond acceptors (Lipinski definition) is 5. The number of aliphatic hydroxyl groups excluding tert-OH is 1. The first-order chi connectivity index (χ1) is 8.24. The van der Waals surface area contributed by atoms with Crippen LogP contribution in [0.4, 0.5) is 0 Å². The summed E-state index contributed by atoms with van der Waals surface area (Å²) in [6, 6.07) is 0.224. The molecule has 0 amide bonds. The molecule has 1 heterocycles. The molecule has 0 aliphatic carbocycles. The second kappa shape index (κ2) is 7.37. The van der Waals surface area contributed by atoms with Gasteiger partial charge in [-0.3, -0.25) is 0 Å². The van der Waals surface area contributed by atoms with Gasteiger partial charge in [-0.15, -0.1) is 5.10 Å². The number of rotatable bonds is 8. The van der Waals surface area contributed by atoms with Gasteiger partial charge in [-0.25, -0.2) is 4.68 Å². The van der Waals surface area contributed by atoms with Crippen LogP contribution in [0.25, 0.3) is 0 Å². The van der Waals surface area contributed by atoms with Crippen LogP contribution in [-0.2, 0) is 17.7 Å². The summed E-state index contributed by atoms with van der Waals surface area (Å²) in [4.78, 5) is 0. The smallest absolute Gasteiger partial charge is 0.0995 e. The second-order valence-corrected chi connectivity index (χ2v) is 4.09. The lowest BCUT2D eigenvalue weighted by Gasteiger charge is -2.14. The standard InChI is InChI=1S/C11H22N4O2/c1-9(4-3-6-16)15-11(5-7-17-2)10(8-12)13-14-15/h9,16H,3-8,12H2,1-2H3. The highest BCUT2D eigenvalue weighted by molar-refractivity contribution is 5.11. The maximum Gasteiger partial charge on any atom is 0.0995 e. The van der Waals surface area contributed by atoms with Gasteiger partial charge in [0.25, 0.3) is 0 Å². The molecule has 6 nitrogen and oxygen atoms in total. The third kappa shape index (κ3) is 3.76. The van der Waals surface area contributed by atoms with E-state index in [9.17, 15) is 0 Å². The van der Waals surface area contributed by atoms with Crippen molar-refractivity contribution >= 4 is 0 Å². The quantitative estimate of drug-likeness (QED) is 0.683. The largest absolute Gasteiger partial charge is 0.396 e. The molecule has 1 aromatic rings. The fourth-order valence-electron chi connectivity index (χ4n) is 1.83. The van der Waals surface area contributed by atoms with Crippen molar-refractivity contribution in [2.75, 3.05) is 20.3 Å². The van der Waals surface area contributed by atoms with Gasteiger partial charge in [0.05, 0.1) is 24.0 Å². The summed E-state index contributed by atoms with van der Waals surface area (Å²) in [7, 11) is 1.67. The minimum absolute atomic E-state index is 0.205. The summed E-state index contributed by atoms with van der Waals surface area (Å²) in [5.41, 5.74) is 7.51. The third-order valence-electron chi connectivity index (χ3n) is 2.81. The minimum atomic E-state index is 0.205. The lowest BCUT2D eigenvalue weighted by molar-refractivity contribution is 0.198. The molecule has 0 spiro atoms. The van der Waals surface area contributed by atoms with Gasteiger partial charge in [0.1, 0.15) is 0 Å². The number of hydrogen-bond donors (Lipinski definition) is 2. The third-order valence-corrected chi connectivity index (χ3v) is 2.81. The fraction of sp³-hybridized carbons (Fsp3) is 0.818. The van der Waals surface area contributed by atoms with Crippen molar-refractivity contribution < 1.29 is 9.84 Å². The van der Waals surface area contributed by atoms with Crippen LogP contribution in [0, 0.1) is 0 Å². The first-order valence-electron chi connectivity index (χ1n) is 5.97. The summed E-state index contributed by atoms with van der Waals surface area (Å²) in [5, 5.41) is 17.1. The Morgan fingerprint density at radius 2 is 2.29 bits per heavy atom. The number of ether oxygens (including phenoxy) is 1. The average Bonchev–Trinajstić information content (AvgIpc) is 2.76. The van der Waals surface area contributed by atoms with Crippen LogP contribution in [0.3, 0.4) is 0 Å². The van der Waals surface area contributed by atoms with Crippen LogP contribution in [0.2, 0.25) is 0 Å². The lowest BCUT2D eigenvalue weighted by atomic mass is 10.1. The lowest BCUT2D eigenvalue weighted by Crippen LogP contribution is -2.14. The molecule has 0 fully saturated rings. The molecule has 1 aromatic heterocycles. The van der Waals surface area contributed by atoms with Gasteiger partial charge in [0.15, 0.2) is 0 Å². The Labute approximate surface area is 102 Å². The highest BCUT2D eigenvalue weighted by atomic mass is 16.5. The molecular weight excluding hydrogens is 220 g/mol. The van der Waals surface area contributed by atoms with Crippen molar-refractivity contribution in [3.8, 4) is 0 Å². The Hall–Kier alpha value is -0.980. The summed E-state index contributed by atoms with van der Waals surface area (Å²) in [5.74, 6) is 0. The van der Waals surface area contributed by atoms with Gasteiger partial charge in [0.2, 0.25) is 0 Å². The minimum Gasteiger partial charge on any atom is -0.396 e. The molecule has 0 saturated carbocycles. The van der Waals surface area contributed by atoms with E-state index in [0.717, 1.165) is 30.7 Å². The first kappa shape index (κ1) is 14.1. The van der Waals surface area contributed by atoms with E-state index in [0.29, 0.717) is 13.2 Å². The van der Waals surface area contributed by atoms with Crippen molar-refractivity contribution in [2.45, 2.75) is 38.8 Å². The van der Waals surface area contributed by atoms with E-state index in [1.165, 1.54) is 0 Å². The number of nitrogens with zero attached hydrogens (tertiary/aromatic N) is 3. The molecule has 0 radical (unpaired) electrons. The van der Waals surface area contributed by atoms with Crippen molar-refractivity contribution in [1.82, 2.24) is 15.0 Å². The van der Waals surface area contributed by atoms with E-state index in [1.54, 1.807) is 7.11 Å². The van der Waals surface area contributed by atoms with Crippen LogP contribution in [0.1, 0.15) is 37.2 Å². The van der Waals surface area contributed by atoms with Crippen LogP contribution in [0.15, 0.2) is 0 Å². The van der Waals surface area contributed by atoms with E-state index in [1.807, 2.05) is 4.68 Å². The van der Waals surface area contributed by atoms with Crippen LogP contribution in [0.5, 0.6) is 0 Å². The Kier molecular flexibility index (Phi) is 6.10. The maximum atomic E-state index is 8.84. The van der Waals surface area contributed by atoms with Gasteiger partial charge in [-0.1, -0.05) is 5.21 Å². The van der Waals surface area contributed by atoms with Crippen LogP contribution < -0.4 is 5.73 Å². The van der Waals surface area contributed by atoms with Gasteiger partial charge < -0.3 is 15.6 Å². The molecule has 0 aliphatic heterocycles. The summed E-state index contributed by atoms with van der Waals surface area (Å²) in [6.07, 6.45) is 2.41. The molecule has 98 valence electrons. The number of methoxy groups -OCH3 is 1. The van der Waals surface area contributed by atoms with Crippen LogP contribution in [-0.4, -0.2) is 40.4 Å². The average molecular weight is 242 g/mol. The van der Waals surface area contributed by atoms with E-state index < -0.39 is 0 Å². The summed E-state index contributed by atoms with van der Waals surface area (Å²) in [6.45, 7) is 3.30. The van der Waals surface area contributed by atoms with E-state index in [4.69, 9.17) is 15.6 Å². The molecule has 6 heteroatoms. The second-order valence-electron chi connectivity index (χ2n) is 4.09. The maximum absolute atomic E-state index is 8.84. The van der Waals surface area contributed by atoms with E-state index >= 15 is 0 Å². The Morgan fingerprint density at radius 3 is 2.88 bits per heavy atom. The van der Waals surface area contributed by atoms with Crippen molar-refractivity contribution in [1.29, 1.82) is 0 Å². The Balaban J connectivity index is 2.78. The number of aromatic nitrogens is 3. The van der Waals surface area contributed by atoms with Crippen molar-refractivity contribution in [3.63, 3.8) is 0 Å². The van der Waals surface area contributed by atoms with E-state index in [2.05, 4.69) is 17.2 Å².